The van der Waals surface area contributed by atoms with Crippen LogP contribution in [0.25, 0.3) is 0 Å². The molecule has 2 unspecified atom stereocenters. The second-order valence-corrected chi connectivity index (χ2v) is 6.43. The van der Waals surface area contributed by atoms with Crippen LogP contribution < -0.4 is 10.2 Å². The fourth-order valence-corrected chi connectivity index (χ4v) is 3.22. The van der Waals surface area contributed by atoms with Crippen molar-refractivity contribution in [1.29, 1.82) is 0 Å². The van der Waals surface area contributed by atoms with Crippen molar-refractivity contribution >= 4 is 11.6 Å². The van der Waals surface area contributed by atoms with Gasteiger partial charge in [0.1, 0.15) is 17.5 Å². The Bertz CT molecular complexity index is 505. The number of hydrogen-bond donors (Lipinski definition) is 1. The molecule has 1 aromatic rings. The molecule has 2 aliphatic heterocycles. The van der Waals surface area contributed by atoms with Gasteiger partial charge in [-0.25, -0.2) is 9.97 Å². The lowest BCUT2D eigenvalue weighted by Gasteiger charge is -2.34. The second kappa shape index (κ2) is 5.79. The van der Waals surface area contributed by atoms with Crippen LogP contribution in [0.3, 0.4) is 0 Å². The van der Waals surface area contributed by atoms with Crippen LogP contribution in [0.5, 0.6) is 0 Å². The lowest BCUT2D eigenvalue weighted by molar-refractivity contribution is 0.0301. The summed E-state index contributed by atoms with van der Waals surface area (Å²) in [4.78, 5) is 11.9. The van der Waals surface area contributed by atoms with Gasteiger partial charge in [-0.05, 0) is 26.7 Å². The minimum Gasteiger partial charge on any atom is -0.371 e. The maximum atomic E-state index is 5.94. The third kappa shape index (κ3) is 2.84. The first-order valence-electron chi connectivity index (χ1n) is 8.11. The molecule has 21 heavy (non-hydrogen) atoms. The van der Waals surface area contributed by atoms with Crippen molar-refractivity contribution in [2.24, 2.45) is 0 Å². The largest absolute Gasteiger partial charge is 0.371 e. The Morgan fingerprint density at radius 2 is 1.90 bits per heavy atom. The van der Waals surface area contributed by atoms with E-state index in [-0.39, 0.29) is 0 Å². The Balaban J connectivity index is 1.96. The average Bonchev–Trinajstić information content (AvgIpc) is 2.79. The molecular formula is C16H26N4O. The molecule has 0 spiro atoms. The van der Waals surface area contributed by atoms with Crippen molar-refractivity contribution in [1.82, 2.24) is 9.97 Å². The van der Waals surface area contributed by atoms with E-state index in [1.165, 1.54) is 12.8 Å². The summed E-state index contributed by atoms with van der Waals surface area (Å²) >= 11 is 0. The number of nitrogens with one attached hydrogen (secondary N) is 1. The van der Waals surface area contributed by atoms with Crippen molar-refractivity contribution in [3.8, 4) is 0 Å². The van der Waals surface area contributed by atoms with Gasteiger partial charge >= 0.3 is 0 Å². The summed E-state index contributed by atoms with van der Waals surface area (Å²) in [5.74, 6) is 3.32. The molecule has 5 heteroatoms. The smallest absolute Gasteiger partial charge is 0.137 e. The van der Waals surface area contributed by atoms with E-state index < -0.39 is 0 Å². The number of anilines is 2. The minimum absolute atomic E-state index is 0.333. The molecule has 0 saturated carbocycles. The lowest BCUT2D eigenvalue weighted by atomic mass is 10.2. The number of rotatable bonds is 4. The summed E-state index contributed by atoms with van der Waals surface area (Å²) in [7, 11) is 0. The molecule has 0 radical (unpaired) electrons. The van der Waals surface area contributed by atoms with Gasteiger partial charge in [0.15, 0.2) is 0 Å². The monoisotopic (exact) mass is 290 g/mol. The number of aromatic nitrogens is 2. The Morgan fingerprint density at radius 1 is 1.24 bits per heavy atom. The Kier molecular flexibility index (Phi) is 4.02. The molecule has 2 fully saturated rings. The molecule has 0 aliphatic carbocycles. The van der Waals surface area contributed by atoms with Crippen molar-refractivity contribution in [3.05, 3.63) is 11.4 Å². The maximum absolute atomic E-state index is 5.94. The molecule has 1 aromatic heterocycles. The third-order valence-corrected chi connectivity index (χ3v) is 4.34. The number of nitrogens with zero attached hydrogens (tertiary/aromatic N) is 3. The molecule has 2 bridgehead atoms. The van der Waals surface area contributed by atoms with Crippen LogP contribution in [0.4, 0.5) is 11.6 Å². The molecule has 3 rings (SSSR count). The van der Waals surface area contributed by atoms with Crippen molar-refractivity contribution in [2.75, 3.05) is 29.9 Å². The van der Waals surface area contributed by atoms with E-state index in [0.717, 1.165) is 42.7 Å². The van der Waals surface area contributed by atoms with Crippen molar-refractivity contribution < 1.29 is 4.74 Å². The summed E-state index contributed by atoms with van der Waals surface area (Å²) in [5.41, 5.74) is 1.16. The standard InChI is InChI=1S/C16H26N4O/c1-5-17-15-11(4)16(19-14(18-15)10(2)3)20-8-12-6-7-13(9-20)21-12/h10,12-13H,5-9H2,1-4H3,(H,17,18,19). The van der Waals surface area contributed by atoms with Crippen LogP contribution in [-0.4, -0.2) is 41.8 Å². The Morgan fingerprint density at radius 3 is 2.48 bits per heavy atom. The quantitative estimate of drug-likeness (QED) is 0.924. The van der Waals surface area contributed by atoms with E-state index in [4.69, 9.17) is 14.7 Å². The van der Waals surface area contributed by atoms with Gasteiger partial charge in [-0.3, -0.25) is 0 Å². The highest BCUT2D eigenvalue weighted by atomic mass is 16.5. The van der Waals surface area contributed by atoms with Gasteiger partial charge in [-0.15, -0.1) is 0 Å². The van der Waals surface area contributed by atoms with Crippen LogP contribution >= 0.6 is 0 Å². The van der Waals surface area contributed by atoms with Gasteiger partial charge in [-0.2, -0.15) is 0 Å². The number of fused-ring (bicyclic) bond motifs is 2. The summed E-state index contributed by atoms with van der Waals surface area (Å²) in [5, 5.41) is 3.38. The zero-order valence-corrected chi connectivity index (χ0v) is 13.5. The van der Waals surface area contributed by atoms with Crippen LogP contribution in [0.2, 0.25) is 0 Å². The summed E-state index contributed by atoms with van der Waals surface area (Å²) < 4.78 is 5.94. The first-order valence-corrected chi connectivity index (χ1v) is 8.11. The molecule has 0 amide bonds. The van der Waals surface area contributed by atoms with E-state index >= 15 is 0 Å². The number of morpholine rings is 1. The summed E-state index contributed by atoms with van der Waals surface area (Å²) in [6, 6.07) is 0. The third-order valence-electron chi connectivity index (χ3n) is 4.34. The normalized spacial score (nSPS) is 24.7. The first kappa shape index (κ1) is 14.6. The maximum Gasteiger partial charge on any atom is 0.137 e. The fraction of sp³-hybridized carbons (Fsp3) is 0.750. The van der Waals surface area contributed by atoms with E-state index in [1.54, 1.807) is 0 Å². The van der Waals surface area contributed by atoms with E-state index in [9.17, 15) is 0 Å². The van der Waals surface area contributed by atoms with Gasteiger partial charge in [0, 0.05) is 31.1 Å². The van der Waals surface area contributed by atoms with E-state index in [2.05, 4.69) is 37.9 Å². The van der Waals surface area contributed by atoms with Crippen molar-refractivity contribution in [3.63, 3.8) is 0 Å². The number of hydrogen-bond acceptors (Lipinski definition) is 5. The summed E-state index contributed by atoms with van der Waals surface area (Å²) in [6.07, 6.45) is 3.12. The highest BCUT2D eigenvalue weighted by Crippen LogP contribution is 2.32. The molecular weight excluding hydrogens is 264 g/mol. The molecule has 116 valence electrons. The average molecular weight is 290 g/mol. The summed E-state index contributed by atoms with van der Waals surface area (Å²) in [6.45, 7) is 11.3. The van der Waals surface area contributed by atoms with Crippen LogP contribution in [-0.2, 0) is 4.74 Å². The highest BCUT2D eigenvalue weighted by Gasteiger charge is 2.35. The first-order chi connectivity index (χ1) is 10.1. The predicted octanol–water partition coefficient (Wildman–Crippen LogP) is 2.71. The van der Waals surface area contributed by atoms with Crippen LogP contribution in [0.1, 0.15) is 50.9 Å². The Hall–Kier alpha value is -1.36. The SMILES string of the molecule is CCNc1nc(C(C)C)nc(N2CC3CCC(C2)O3)c1C. The molecule has 2 saturated heterocycles. The van der Waals surface area contributed by atoms with Gasteiger partial charge in [0.05, 0.1) is 12.2 Å². The second-order valence-electron chi connectivity index (χ2n) is 6.43. The molecule has 2 aliphatic rings. The Labute approximate surface area is 127 Å². The molecule has 2 atom stereocenters. The van der Waals surface area contributed by atoms with E-state index in [1.807, 2.05) is 0 Å². The zero-order valence-electron chi connectivity index (χ0n) is 13.5. The molecule has 1 N–H and O–H groups in total. The topological polar surface area (TPSA) is 50.3 Å². The molecule has 5 nitrogen and oxygen atoms in total. The fourth-order valence-electron chi connectivity index (χ4n) is 3.22. The predicted molar refractivity (Wildman–Crippen MR) is 85.1 cm³/mol. The van der Waals surface area contributed by atoms with Gasteiger partial charge in [0.2, 0.25) is 0 Å². The van der Waals surface area contributed by atoms with Crippen LogP contribution in [0.15, 0.2) is 0 Å². The minimum atomic E-state index is 0.333. The molecule has 0 aromatic carbocycles. The van der Waals surface area contributed by atoms with Crippen molar-refractivity contribution in [2.45, 2.75) is 58.7 Å². The number of ether oxygens (including phenoxy) is 1. The zero-order chi connectivity index (χ0) is 15.0. The molecule has 3 heterocycles. The van der Waals surface area contributed by atoms with Gasteiger partial charge < -0.3 is 15.0 Å². The van der Waals surface area contributed by atoms with Gasteiger partial charge in [0.25, 0.3) is 0 Å². The highest BCUT2D eigenvalue weighted by molar-refractivity contribution is 5.59. The van der Waals surface area contributed by atoms with E-state index in [0.29, 0.717) is 18.1 Å². The lowest BCUT2D eigenvalue weighted by Crippen LogP contribution is -2.43. The van der Waals surface area contributed by atoms with Gasteiger partial charge in [-0.1, -0.05) is 13.8 Å². The van der Waals surface area contributed by atoms with Crippen LogP contribution in [0, 0.1) is 6.92 Å².